The third-order valence-electron chi connectivity index (χ3n) is 3.22. The van der Waals surface area contributed by atoms with E-state index in [2.05, 4.69) is 10.1 Å². The van der Waals surface area contributed by atoms with Crippen LogP contribution in [0.15, 0.2) is 24.3 Å². The molecule has 1 fully saturated rings. The van der Waals surface area contributed by atoms with Crippen LogP contribution in [-0.4, -0.2) is 23.9 Å². The Kier molecular flexibility index (Phi) is 4.01. The van der Waals surface area contributed by atoms with Crippen molar-refractivity contribution in [2.24, 2.45) is 0 Å². The molecule has 0 radical (unpaired) electrons. The fourth-order valence-electron chi connectivity index (χ4n) is 2.26. The molecule has 1 aromatic carbocycles. The van der Waals surface area contributed by atoms with Crippen molar-refractivity contribution in [3.8, 4) is 5.75 Å². The van der Waals surface area contributed by atoms with E-state index in [1.807, 2.05) is 0 Å². The highest BCUT2D eigenvalue weighted by atomic mass is 19.3. The zero-order chi connectivity index (χ0) is 13.0. The first-order valence-corrected chi connectivity index (χ1v) is 6.09. The van der Waals surface area contributed by atoms with Crippen molar-refractivity contribution in [3.05, 3.63) is 24.3 Å². The standard InChI is InChI=1S/C13H17F2NO2/c14-12(15)18-11-5-3-4-10(8-11)16-9-13(17)6-1-2-7-13/h3-5,8,12,16-17H,1-2,6-7,9H2. The number of benzene rings is 1. The maximum atomic E-state index is 12.1. The first kappa shape index (κ1) is 13.1. The van der Waals surface area contributed by atoms with E-state index >= 15 is 0 Å². The van der Waals surface area contributed by atoms with Gasteiger partial charge in [-0.15, -0.1) is 0 Å². The quantitative estimate of drug-likeness (QED) is 0.852. The first-order valence-electron chi connectivity index (χ1n) is 6.09. The summed E-state index contributed by atoms with van der Waals surface area (Å²) in [6, 6.07) is 6.38. The highest BCUT2D eigenvalue weighted by Crippen LogP contribution is 2.30. The van der Waals surface area contributed by atoms with Gasteiger partial charge in [-0.25, -0.2) is 0 Å². The van der Waals surface area contributed by atoms with Gasteiger partial charge in [-0.3, -0.25) is 0 Å². The van der Waals surface area contributed by atoms with E-state index in [-0.39, 0.29) is 5.75 Å². The molecule has 0 saturated heterocycles. The Labute approximate surface area is 105 Å². The number of nitrogens with one attached hydrogen (secondary N) is 1. The van der Waals surface area contributed by atoms with Gasteiger partial charge in [0.25, 0.3) is 0 Å². The number of halogens is 2. The Morgan fingerprint density at radius 1 is 1.33 bits per heavy atom. The molecule has 2 rings (SSSR count). The summed E-state index contributed by atoms with van der Waals surface area (Å²) in [5.74, 6) is 0.119. The summed E-state index contributed by atoms with van der Waals surface area (Å²) in [5, 5.41) is 13.2. The van der Waals surface area contributed by atoms with Gasteiger partial charge in [0.1, 0.15) is 5.75 Å². The summed E-state index contributed by atoms with van der Waals surface area (Å²) >= 11 is 0. The van der Waals surface area contributed by atoms with E-state index in [1.165, 1.54) is 12.1 Å². The third-order valence-corrected chi connectivity index (χ3v) is 3.22. The van der Waals surface area contributed by atoms with E-state index in [0.717, 1.165) is 25.7 Å². The van der Waals surface area contributed by atoms with Gasteiger partial charge >= 0.3 is 6.61 Å². The van der Waals surface area contributed by atoms with Crippen molar-refractivity contribution >= 4 is 5.69 Å². The van der Waals surface area contributed by atoms with Gasteiger partial charge in [0.15, 0.2) is 0 Å². The number of hydrogen-bond donors (Lipinski definition) is 2. The normalized spacial score (nSPS) is 18.0. The highest BCUT2D eigenvalue weighted by Gasteiger charge is 2.30. The lowest BCUT2D eigenvalue weighted by Crippen LogP contribution is -2.33. The summed E-state index contributed by atoms with van der Waals surface area (Å²) < 4.78 is 28.4. The van der Waals surface area contributed by atoms with E-state index in [4.69, 9.17) is 0 Å². The van der Waals surface area contributed by atoms with Crippen LogP contribution in [0.3, 0.4) is 0 Å². The second-order valence-corrected chi connectivity index (χ2v) is 4.69. The minimum atomic E-state index is -2.82. The maximum absolute atomic E-state index is 12.1. The lowest BCUT2D eigenvalue weighted by Gasteiger charge is -2.23. The van der Waals surface area contributed by atoms with E-state index in [9.17, 15) is 13.9 Å². The number of hydrogen-bond acceptors (Lipinski definition) is 3. The summed E-state index contributed by atoms with van der Waals surface area (Å²) in [4.78, 5) is 0. The number of alkyl halides is 2. The van der Waals surface area contributed by atoms with Gasteiger partial charge in [0, 0.05) is 18.3 Å². The number of rotatable bonds is 5. The summed E-state index contributed by atoms with van der Waals surface area (Å²) in [6.45, 7) is -2.38. The Balaban J connectivity index is 1.92. The van der Waals surface area contributed by atoms with Crippen molar-refractivity contribution in [3.63, 3.8) is 0 Å². The Morgan fingerprint density at radius 3 is 2.72 bits per heavy atom. The fourth-order valence-corrected chi connectivity index (χ4v) is 2.26. The maximum Gasteiger partial charge on any atom is 0.387 e. The summed E-state index contributed by atoms with van der Waals surface area (Å²) in [7, 11) is 0. The Morgan fingerprint density at radius 2 is 2.06 bits per heavy atom. The molecule has 0 aliphatic heterocycles. The van der Waals surface area contributed by atoms with Crippen molar-refractivity contribution < 1.29 is 18.6 Å². The van der Waals surface area contributed by atoms with Crippen molar-refractivity contribution in [1.82, 2.24) is 0 Å². The van der Waals surface area contributed by atoms with E-state index in [1.54, 1.807) is 12.1 Å². The van der Waals surface area contributed by atoms with Gasteiger partial charge in [-0.2, -0.15) is 8.78 Å². The zero-order valence-corrected chi connectivity index (χ0v) is 10.0. The van der Waals surface area contributed by atoms with Crippen LogP contribution in [-0.2, 0) is 0 Å². The topological polar surface area (TPSA) is 41.5 Å². The molecule has 0 aromatic heterocycles. The van der Waals surface area contributed by atoms with Crippen LogP contribution in [0, 0.1) is 0 Å². The molecule has 1 aliphatic carbocycles. The van der Waals surface area contributed by atoms with Crippen LogP contribution in [0.1, 0.15) is 25.7 Å². The minimum absolute atomic E-state index is 0.119. The van der Waals surface area contributed by atoms with Crippen molar-refractivity contribution in [2.45, 2.75) is 37.9 Å². The van der Waals surface area contributed by atoms with Crippen LogP contribution in [0.4, 0.5) is 14.5 Å². The second-order valence-electron chi connectivity index (χ2n) is 4.69. The van der Waals surface area contributed by atoms with Gasteiger partial charge in [0.05, 0.1) is 5.60 Å². The predicted molar refractivity (Wildman–Crippen MR) is 65.0 cm³/mol. The monoisotopic (exact) mass is 257 g/mol. The molecule has 0 bridgehead atoms. The molecular formula is C13H17F2NO2. The Bertz CT molecular complexity index is 392. The van der Waals surface area contributed by atoms with Gasteiger partial charge in [-0.05, 0) is 25.0 Å². The molecule has 3 nitrogen and oxygen atoms in total. The second kappa shape index (κ2) is 5.52. The number of aliphatic hydroxyl groups is 1. The molecule has 1 aliphatic rings. The largest absolute Gasteiger partial charge is 0.435 e. The van der Waals surface area contributed by atoms with Gasteiger partial charge in [0.2, 0.25) is 0 Å². The lowest BCUT2D eigenvalue weighted by molar-refractivity contribution is -0.0498. The molecule has 0 atom stereocenters. The summed E-state index contributed by atoms with van der Waals surface area (Å²) in [5.41, 5.74) is 0.00743. The molecule has 5 heteroatoms. The van der Waals surface area contributed by atoms with Crippen molar-refractivity contribution in [2.75, 3.05) is 11.9 Å². The van der Waals surface area contributed by atoms with E-state index < -0.39 is 12.2 Å². The average Bonchev–Trinajstić information content (AvgIpc) is 2.74. The molecule has 0 heterocycles. The van der Waals surface area contributed by atoms with Crippen molar-refractivity contribution in [1.29, 1.82) is 0 Å². The molecule has 18 heavy (non-hydrogen) atoms. The molecule has 0 amide bonds. The molecule has 0 spiro atoms. The smallest absolute Gasteiger partial charge is 0.387 e. The van der Waals surface area contributed by atoms with Gasteiger partial charge in [-0.1, -0.05) is 18.9 Å². The highest BCUT2D eigenvalue weighted by molar-refractivity contribution is 5.48. The molecule has 1 aromatic rings. The van der Waals surface area contributed by atoms with Crippen LogP contribution in [0.25, 0.3) is 0 Å². The fraction of sp³-hybridized carbons (Fsp3) is 0.538. The predicted octanol–water partition coefficient (Wildman–Crippen LogP) is 3.01. The first-order chi connectivity index (χ1) is 8.57. The molecule has 0 unspecified atom stereocenters. The third kappa shape index (κ3) is 3.57. The number of anilines is 1. The lowest BCUT2D eigenvalue weighted by atomic mass is 10.0. The number of ether oxygens (including phenoxy) is 1. The Hall–Kier alpha value is -1.36. The van der Waals surface area contributed by atoms with E-state index in [0.29, 0.717) is 12.2 Å². The van der Waals surface area contributed by atoms with Crippen LogP contribution in [0.2, 0.25) is 0 Å². The van der Waals surface area contributed by atoms with Crippen LogP contribution >= 0.6 is 0 Å². The molecule has 100 valence electrons. The van der Waals surface area contributed by atoms with Crippen LogP contribution in [0.5, 0.6) is 5.75 Å². The average molecular weight is 257 g/mol. The molecule has 2 N–H and O–H groups in total. The van der Waals surface area contributed by atoms with Gasteiger partial charge < -0.3 is 15.2 Å². The minimum Gasteiger partial charge on any atom is -0.435 e. The zero-order valence-electron chi connectivity index (χ0n) is 10.0. The molecular weight excluding hydrogens is 240 g/mol. The molecule has 1 saturated carbocycles. The SMILES string of the molecule is OC1(CNc2cccc(OC(F)F)c2)CCCC1. The van der Waals surface area contributed by atoms with Crippen LogP contribution < -0.4 is 10.1 Å². The summed E-state index contributed by atoms with van der Waals surface area (Å²) in [6.07, 6.45) is 3.64.